The summed E-state index contributed by atoms with van der Waals surface area (Å²) in [5.74, 6) is 0.138. The highest BCUT2D eigenvalue weighted by Crippen LogP contribution is 2.27. The van der Waals surface area contributed by atoms with Crippen LogP contribution in [0.15, 0.2) is 28.1 Å². The lowest BCUT2D eigenvalue weighted by Gasteiger charge is -2.10. The summed E-state index contributed by atoms with van der Waals surface area (Å²) in [4.78, 5) is 23.1. The van der Waals surface area contributed by atoms with Gasteiger partial charge < -0.3 is 14.6 Å². The number of carboxylic acids is 1. The molecule has 0 radical (unpaired) electrons. The smallest absolute Gasteiger partial charge is 0.303 e. The van der Waals surface area contributed by atoms with E-state index in [0.717, 1.165) is 11.1 Å². The molecule has 0 amide bonds. The highest BCUT2D eigenvalue weighted by atomic mass is 32.1. The van der Waals surface area contributed by atoms with Crippen LogP contribution in [0, 0.1) is 4.77 Å². The SMILES string of the molecule is CCCOc1ccc(/C=N\n2c(=S)[nH]nc(CCC(=O)O)c2=O)cc1OC. The second-order valence-electron chi connectivity index (χ2n) is 5.49. The summed E-state index contributed by atoms with van der Waals surface area (Å²) in [7, 11) is 1.54. The van der Waals surface area contributed by atoms with Gasteiger partial charge in [-0.05, 0) is 42.4 Å². The molecule has 2 aromatic rings. The highest BCUT2D eigenvalue weighted by molar-refractivity contribution is 7.71. The van der Waals surface area contributed by atoms with Crippen molar-refractivity contribution in [2.75, 3.05) is 13.7 Å². The third-order valence-electron chi connectivity index (χ3n) is 3.47. The number of benzene rings is 1. The molecule has 1 heterocycles. The molecule has 144 valence electrons. The van der Waals surface area contributed by atoms with Crippen LogP contribution in [0.2, 0.25) is 0 Å². The fourth-order valence-electron chi connectivity index (χ4n) is 2.14. The van der Waals surface area contributed by atoms with E-state index in [0.29, 0.717) is 23.7 Å². The van der Waals surface area contributed by atoms with E-state index < -0.39 is 11.5 Å². The van der Waals surface area contributed by atoms with Gasteiger partial charge in [-0.3, -0.25) is 14.7 Å². The van der Waals surface area contributed by atoms with Gasteiger partial charge in [0, 0.05) is 6.42 Å². The normalized spacial score (nSPS) is 10.9. The van der Waals surface area contributed by atoms with Gasteiger partial charge in [0.1, 0.15) is 5.69 Å². The number of carbonyl (C=O) groups is 1. The van der Waals surface area contributed by atoms with Crippen LogP contribution in [0.4, 0.5) is 0 Å². The molecule has 2 N–H and O–H groups in total. The summed E-state index contributed by atoms with van der Waals surface area (Å²) in [6.07, 6.45) is 2.08. The van der Waals surface area contributed by atoms with E-state index in [1.165, 1.54) is 13.3 Å². The molecule has 0 fully saturated rings. The van der Waals surface area contributed by atoms with Crippen LogP contribution in [0.3, 0.4) is 0 Å². The number of aliphatic carboxylic acids is 1. The lowest BCUT2D eigenvalue weighted by molar-refractivity contribution is -0.136. The van der Waals surface area contributed by atoms with Crippen molar-refractivity contribution >= 4 is 24.4 Å². The maximum Gasteiger partial charge on any atom is 0.303 e. The van der Waals surface area contributed by atoms with E-state index in [4.69, 9.17) is 26.8 Å². The predicted octanol–water partition coefficient (Wildman–Crippen LogP) is 2.00. The summed E-state index contributed by atoms with van der Waals surface area (Å²) in [6, 6.07) is 5.24. The van der Waals surface area contributed by atoms with Gasteiger partial charge in [0.25, 0.3) is 5.56 Å². The van der Waals surface area contributed by atoms with Crippen LogP contribution < -0.4 is 15.0 Å². The zero-order valence-corrected chi connectivity index (χ0v) is 15.8. The van der Waals surface area contributed by atoms with Crippen molar-refractivity contribution < 1.29 is 19.4 Å². The molecule has 0 aliphatic rings. The van der Waals surface area contributed by atoms with Crippen molar-refractivity contribution in [2.24, 2.45) is 5.10 Å². The third kappa shape index (κ3) is 5.48. The van der Waals surface area contributed by atoms with E-state index in [2.05, 4.69) is 15.3 Å². The first-order valence-electron chi connectivity index (χ1n) is 8.23. The van der Waals surface area contributed by atoms with Crippen LogP contribution in [0.25, 0.3) is 0 Å². The molecule has 1 aromatic carbocycles. The van der Waals surface area contributed by atoms with Gasteiger partial charge in [-0.25, -0.2) is 0 Å². The van der Waals surface area contributed by atoms with Gasteiger partial charge >= 0.3 is 5.97 Å². The summed E-state index contributed by atoms with van der Waals surface area (Å²) >= 11 is 5.04. The van der Waals surface area contributed by atoms with Crippen molar-refractivity contribution in [3.8, 4) is 11.5 Å². The number of ether oxygens (including phenoxy) is 2. The third-order valence-corrected chi connectivity index (χ3v) is 3.73. The number of nitrogens with one attached hydrogen (secondary N) is 1. The highest BCUT2D eigenvalue weighted by Gasteiger charge is 2.09. The summed E-state index contributed by atoms with van der Waals surface area (Å²) in [6.45, 7) is 2.58. The van der Waals surface area contributed by atoms with E-state index in [-0.39, 0.29) is 23.3 Å². The molecule has 0 saturated carbocycles. The molecular weight excluding hydrogens is 372 g/mol. The number of aromatic nitrogens is 3. The quantitative estimate of drug-likeness (QED) is 0.495. The van der Waals surface area contributed by atoms with Crippen molar-refractivity contribution in [1.82, 2.24) is 14.9 Å². The molecule has 2 rings (SSSR count). The zero-order chi connectivity index (χ0) is 19.8. The maximum atomic E-state index is 12.4. The van der Waals surface area contributed by atoms with Gasteiger partial charge in [-0.1, -0.05) is 6.92 Å². The molecule has 0 bridgehead atoms. The number of nitrogens with zero attached hydrogens (tertiary/aromatic N) is 3. The number of rotatable bonds is 9. The first kappa shape index (κ1) is 20.3. The van der Waals surface area contributed by atoms with Gasteiger partial charge in [0.05, 0.1) is 26.4 Å². The number of carboxylic acid groups (broad SMARTS) is 1. The van der Waals surface area contributed by atoms with Crippen LogP contribution in [0.5, 0.6) is 11.5 Å². The Labute approximate surface area is 160 Å². The number of aromatic amines is 1. The van der Waals surface area contributed by atoms with E-state index in [1.807, 2.05) is 6.92 Å². The Morgan fingerprint density at radius 2 is 2.22 bits per heavy atom. The van der Waals surface area contributed by atoms with Gasteiger partial charge in [-0.15, -0.1) is 0 Å². The average Bonchev–Trinajstić information content (AvgIpc) is 2.65. The lowest BCUT2D eigenvalue weighted by Crippen LogP contribution is -2.25. The minimum atomic E-state index is -1.02. The fraction of sp³-hybridized carbons (Fsp3) is 0.353. The topological polar surface area (TPSA) is 119 Å². The Kier molecular flexibility index (Phi) is 7.24. The number of hydrogen-bond donors (Lipinski definition) is 2. The monoisotopic (exact) mass is 392 g/mol. The van der Waals surface area contributed by atoms with Gasteiger partial charge in [-0.2, -0.15) is 14.9 Å². The Bertz CT molecular complexity index is 951. The van der Waals surface area contributed by atoms with Crippen LogP contribution in [-0.2, 0) is 11.2 Å². The largest absolute Gasteiger partial charge is 0.493 e. The standard InChI is InChI=1S/C17H20N4O5S/c1-3-8-26-13-6-4-11(9-14(13)25-2)10-18-21-16(24)12(5-7-15(22)23)19-20-17(21)27/h4,6,9-10H,3,5,7-8H2,1-2H3,(H,20,27)(H,22,23)/b18-10-. The molecule has 0 unspecified atom stereocenters. The van der Waals surface area contributed by atoms with Crippen LogP contribution >= 0.6 is 12.2 Å². The Morgan fingerprint density at radius 3 is 2.89 bits per heavy atom. The Hall–Kier alpha value is -3.01. The van der Waals surface area contributed by atoms with Crippen molar-refractivity contribution in [2.45, 2.75) is 26.2 Å². The van der Waals surface area contributed by atoms with Crippen molar-refractivity contribution in [3.05, 3.63) is 44.6 Å². The summed E-state index contributed by atoms with van der Waals surface area (Å²) in [5, 5.41) is 19.1. The minimum Gasteiger partial charge on any atom is -0.493 e. The molecule has 9 nitrogen and oxygen atoms in total. The molecule has 0 atom stereocenters. The second kappa shape index (κ2) is 9.62. The first-order valence-corrected chi connectivity index (χ1v) is 8.64. The molecule has 27 heavy (non-hydrogen) atoms. The van der Waals surface area contributed by atoms with E-state index >= 15 is 0 Å². The van der Waals surface area contributed by atoms with Crippen molar-refractivity contribution in [3.63, 3.8) is 0 Å². The summed E-state index contributed by atoms with van der Waals surface area (Å²) in [5.41, 5.74) is 0.149. The minimum absolute atomic E-state index is 0.00480. The molecule has 1 aromatic heterocycles. The molecule has 0 aliphatic carbocycles. The first-order chi connectivity index (χ1) is 13.0. The molecule has 10 heteroatoms. The van der Waals surface area contributed by atoms with E-state index in [1.54, 1.807) is 18.2 Å². The number of aryl methyl sites for hydroxylation is 1. The zero-order valence-electron chi connectivity index (χ0n) is 15.0. The average molecular weight is 392 g/mol. The van der Waals surface area contributed by atoms with Crippen LogP contribution in [-0.4, -0.2) is 45.9 Å². The fourth-order valence-corrected chi connectivity index (χ4v) is 2.31. The predicted molar refractivity (Wildman–Crippen MR) is 101 cm³/mol. The molecule has 0 spiro atoms. The van der Waals surface area contributed by atoms with Crippen LogP contribution in [0.1, 0.15) is 31.0 Å². The number of methoxy groups -OCH3 is 1. The molecule has 0 saturated heterocycles. The summed E-state index contributed by atoms with van der Waals surface area (Å²) < 4.78 is 11.9. The Morgan fingerprint density at radius 1 is 1.44 bits per heavy atom. The number of hydrogen-bond acceptors (Lipinski definition) is 7. The van der Waals surface area contributed by atoms with E-state index in [9.17, 15) is 9.59 Å². The Balaban J connectivity index is 2.29. The number of H-pyrrole nitrogens is 1. The lowest BCUT2D eigenvalue weighted by atomic mass is 10.2. The molecule has 0 aliphatic heterocycles. The second-order valence-corrected chi connectivity index (χ2v) is 5.88. The van der Waals surface area contributed by atoms with Gasteiger partial charge in [0.2, 0.25) is 4.77 Å². The van der Waals surface area contributed by atoms with Crippen molar-refractivity contribution in [1.29, 1.82) is 0 Å². The maximum absolute atomic E-state index is 12.4. The molecular formula is C17H20N4O5S. The van der Waals surface area contributed by atoms with Gasteiger partial charge in [0.15, 0.2) is 11.5 Å².